The van der Waals surface area contributed by atoms with Crippen molar-refractivity contribution >= 4 is 28.9 Å². The van der Waals surface area contributed by atoms with Crippen LogP contribution in [0, 0.1) is 0 Å². The molecule has 2 aromatic carbocycles. The summed E-state index contributed by atoms with van der Waals surface area (Å²) in [5.74, 6) is -2.76. The van der Waals surface area contributed by atoms with E-state index in [9.17, 15) is 24.0 Å². The van der Waals surface area contributed by atoms with Crippen LogP contribution in [0.25, 0.3) is 11.2 Å². The molecule has 4 aromatic rings. The summed E-state index contributed by atoms with van der Waals surface area (Å²) in [6.07, 6.45) is 1.42. The van der Waals surface area contributed by atoms with Gasteiger partial charge in [0.05, 0.1) is 30.6 Å². The Balaban J connectivity index is 1.52. The molecule has 0 unspecified atom stereocenters. The Labute approximate surface area is 208 Å². The molecule has 0 aliphatic carbocycles. The molecule has 0 N–H and O–H groups in total. The van der Waals surface area contributed by atoms with Crippen LogP contribution in [-0.4, -0.2) is 55.2 Å². The number of aromatic nitrogens is 4. The predicted molar refractivity (Wildman–Crippen MR) is 129 cm³/mol. The van der Waals surface area contributed by atoms with Crippen LogP contribution in [0.3, 0.4) is 0 Å². The first-order valence-corrected chi connectivity index (χ1v) is 11.3. The Morgan fingerprint density at radius 2 is 1.54 bits per heavy atom. The van der Waals surface area contributed by atoms with Gasteiger partial charge in [0, 0.05) is 13.7 Å². The van der Waals surface area contributed by atoms with Crippen LogP contribution in [0.2, 0.25) is 0 Å². The minimum absolute atomic E-state index is 0.0885. The van der Waals surface area contributed by atoms with Crippen LogP contribution < -0.4 is 11.2 Å². The van der Waals surface area contributed by atoms with E-state index >= 15 is 0 Å². The fourth-order valence-electron chi connectivity index (χ4n) is 4.16. The zero-order valence-corrected chi connectivity index (χ0v) is 19.7. The van der Waals surface area contributed by atoms with Crippen molar-refractivity contribution in [3.63, 3.8) is 0 Å². The molecule has 0 atom stereocenters. The van der Waals surface area contributed by atoms with Crippen LogP contribution in [0.15, 0.2) is 70.5 Å². The number of ether oxygens (including phenoxy) is 1. The largest absolute Gasteiger partial charge is 0.383 e. The zero-order valence-electron chi connectivity index (χ0n) is 19.7. The summed E-state index contributed by atoms with van der Waals surface area (Å²) in [7, 11) is 1.51. The lowest BCUT2D eigenvalue weighted by Gasteiger charge is -2.15. The van der Waals surface area contributed by atoms with Gasteiger partial charge in [-0.15, -0.1) is 0 Å². The SMILES string of the molecule is COCCn1cnc2c1c(=O)n(CC(=O)ON1C(=O)c3ccccc3C1=O)c(=O)n2Cc1ccccc1. The third-order valence-electron chi connectivity index (χ3n) is 5.94. The zero-order chi connectivity index (χ0) is 26.1. The minimum atomic E-state index is -1.14. The molecule has 1 aliphatic heterocycles. The Morgan fingerprint density at radius 1 is 0.892 bits per heavy atom. The van der Waals surface area contributed by atoms with E-state index in [1.165, 1.54) is 34.7 Å². The fourth-order valence-corrected chi connectivity index (χ4v) is 4.16. The molecule has 2 aromatic heterocycles. The second-order valence-corrected chi connectivity index (χ2v) is 8.26. The highest BCUT2D eigenvalue weighted by molar-refractivity contribution is 6.20. The number of amides is 2. The average Bonchev–Trinajstić information content (AvgIpc) is 3.44. The van der Waals surface area contributed by atoms with E-state index < -0.39 is 35.6 Å². The van der Waals surface area contributed by atoms with E-state index in [-0.39, 0.29) is 42.0 Å². The maximum atomic E-state index is 13.4. The number of hydroxylamine groups is 2. The second kappa shape index (κ2) is 9.66. The van der Waals surface area contributed by atoms with Gasteiger partial charge < -0.3 is 14.1 Å². The molecule has 188 valence electrons. The molecule has 0 radical (unpaired) electrons. The van der Waals surface area contributed by atoms with E-state index in [1.807, 2.05) is 30.3 Å². The molecule has 12 nitrogen and oxygen atoms in total. The van der Waals surface area contributed by atoms with Gasteiger partial charge in [-0.2, -0.15) is 0 Å². The summed E-state index contributed by atoms with van der Waals surface area (Å²) < 4.78 is 8.62. The van der Waals surface area contributed by atoms with Crippen molar-refractivity contribution in [3.8, 4) is 0 Å². The molecule has 1 aliphatic rings. The molecule has 5 rings (SSSR count). The minimum Gasteiger partial charge on any atom is -0.383 e. The quantitative estimate of drug-likeness (QED) is 0.323. The van der Waals surface area contributed by atoms with Crippen molar-refractivity contribution in [3.05, 3.63) is 98.5 Å². The van der Waals surface area contributed by atoms with Crippen LogP contribution >= 0.6 is 0 Å². The molecule has 3 heterocycles. The normalized spacial score (nSPS) is 12.8. The third kappa shape index (κ3) is 4.23. The lowest BCUT2D eigenvalue weighted by molar-refractivity contribution is -0.169. The lowest BCUT2D eigenvalue weighted by atomic mass is 10.1. The first-order valence-electron chi connectivity index (χ1n) is 11.3. The van der Waals surface area contributed by atoms with Gasteiger partial charge in [0.1, 0.15) is 6.54 Å². The van der Waals surface area contributed by atoms with Crippen molar-refractivity contribution < 1.29 is 24.0 Å². The average molecular weight is 503 g/mol. The number of imide groups is 1. The van der Waals surface area contributed by atoms with Crippen LogP contribution in [-0.2, 0) is 34.0 Å². The highest BCUT2D eigenvalue weighted by atomic mass is 16.7. The smallest absolute Gasteiger partial charge is 0.353 e. The van der Waals surface area contributed by atoms with E-state index in [0.29, 0.717) is 9.63 Å². The summed E-state index contributed by atoms with van der Waals surface area (Å²) in [6, 6.07) is 15.1. The number of nitrogens with zero attached hydrogens (tertiary/aromatic N) is 5. The summed E-state index contributed by atoms with van der Waals surface area (Å²) in [4.78, 5) is 74.0. The van der Waals surface area contributed by atoms with Gasteiger partial charge >= 0.3 is 11.7 Å². The second-order valence-electron chi connectivity index (χ2n) is 8.26. The van der Waals surface area contributed by atoms with Gasteiger partial charge in [-0.05, 0) is 17.7 Å². The molecule has 2 amide bonds. The van der Waals surface area contributed by atoms with Gasteiger partial charge in [0.25, 0.3) is 17.4 Å². The van der Waals surface area contributed by atoms with Crippen LogP contribution in [0.4, 0.5) is 0 Å². The summed E-state index contributed by atoms with van der Waals surface area (Å²) in [5, 5.41) is 0.335. The standard InChI is InChI=1S/C25H21N5O7/c1-36-12-11-27-15-26-21-20(27)24(34)29(25(35)28(21)13-16-7-3-2-4-8-16)14-19(31)37-30-22(32)17-9-5-6-10-18(17)23(30)33/h2-10,15H,11-14H2,1H3. The van der Waals surface area contributed by atoms with E-state index in [4.69, 9.17) is 9.57 Å². The molecule has 12 heteroatoms. The van der Waals surface area contributed by atoms with Gasteiger partial charge in [-0.3, -0.25) is 19.0 Å². The molecular weight excluding hydrogens is 482 g/mol. The molecule has 0 bridgehead atoms. The number of hydrogen-bond acceptors (Lipinski definition) is 8. The van der Waals surface area contributed by atoms with Gasteiger partial charge in [-0.1, -0.05) is 47.5 Å². The van der Waals surface area contributed by atoms with Gasteiger partial charge in [0.2, 0.25) is 0 Å². The van der Waals surface area contributed by atoms with Gasteiger partial charge in [0.15, 0.2) is 11.2 Å². The Hall–Kier alpha value is -4.84. The van der Waals surface area contributed by atoms with Crippen molar-refractivity contribution in [2.45, 2.75) is 19.6 Å². The number of imidazole rings is 1. The number of fused-ring (bicyclic) bond motifs is 2. The Morgan fingerprint density at radius 3 is 2.19 bits per heavy atom. The number of benzene rings is 2. The molecule has 0 saturated heterocycles. The number of carbonyl (C=O) groups is 3. The Bertz CT molecular complexity index is 1620. The number of rotatable bonds is 8. The first kappa shape index (κ1) is 23.9. The topological polar surface area (TPSA) is 135 Å². The first-order chi connectivity index (χ1) is 17.9. The van der Waals surface area contributed by atoms with Crippen molar-refractivity contribution in [2.75, 3.05) is 13.7 Å². The van der Waals surface area contributed by atoms with Crippen molar-refractivity contribution in [1.29, 1.82) is 0 Å². The van der Waals surface area contributed by atoms with E-state index in [2.05, 4.69) is 4.98 Å². The highest BCUT2D eigenvalue weighted by Gasteiger charge is 2.38. The monoisotopic (exact) mass is 503 g/mol. The van der Waals surface area contributed by atoms with Gasteiger partial charge in [-0.25, -0.2) is 19.1 Å². The van der Waals surface area contributed by atoms with Crippen LogP contribution in [0.5, 0.6) is 0 Å². The summed E-state index contributed by atoms with van der Waals surface area (Å²) >= 11 is 0. The third-order valence-corrected chi connectivity index (χ3v) is 5.94. The molecule has 37 heavy (non-hydrogen) atoms. The molecular formula is C25H21N5O7. The summed E-state index contributed by atoms with van der Waals surface area (Å²) in [6.45, 7) is -0.174. The number of methoxy groups -OCH3 is 1. The molecule has 0 fully saturated rings. The van der Waals surface area contributed by atoms with E-state index in [1.54, 1.807) is 12.1 Å². The molecule has 0 saturated carbocycles. The van der Waals surface area contributed by atoms with Crippen molar-refractivity contribution in [1.82, 2.24) is 23.7 Å². The fraction of sp³-hybridized carbons (Fsp3) is 0.200. The molecule has 0 spiro atoms. The maximum absolute atomic E-state index is 13.4. The van der Waals surface area contributed by atoms with Crippen molar-refractivity contribution in [2.24, 2.45) is 0 Å². The Kier molecular flexibility index (Phi) is 6.24. The van der Waals surface area contributed by atoms with E-state index in [0.717, 1.165) is 5.56 Å². The number of hydrogen-bond donors (Lipinski definition) is 0. The predicted octanol–water partition coefficient (Wildman–Crippen LogP) is 0.809. The number of carbonyl (C=O) groups excluding carboxylic acids is 3. The summed E-state index contributed by atoms with van der Waals surface area (Å²) in [5.41, 5.74) is -0.357. The maximum Gasteiger partial charge on any atom is 0.353 e. The highest BCUT2D eigenvalue weighted by Crippen LogP contribution is 2.22. The lowest BCUT2D eigenvalue weighted by Crippen LogP contribution is -2.44. The van der Waals surface area contributed by atoms with Crippen LogP contribution in [0.1, 0.15) is 26.3 Å².